The molecule has 1 aromatic heterocycles. The zero-order valence-corrected chi connectivity index (χ0v) is 11.4. The summed E-state index contributed by atoms with van der Waals surface area (Å²) < 4.78 is 0. The maximum atomic E-state index is 3.64. The fourth-order valence-electron chi connectivity index (χ4n) is 5.00. The molecule has 0 saturated carbocycles. The number of nitrogens with one attached hydrogen (secondary N) is 1. The highest BCUT2D eigenvalue weighted by Gasteiger charge is 2.28. The van der Waals surface area contributed by atoms with E-state index < -0.39 is 0 Å². The van der Waals surface area contributed by atoms with Gasteiger partial charge in [-0.3, -0.25) is 0 Å². The number of aromatic amines is 1. The molecule has 5 aromatic rings. The maximum absolute atomic E-state index is 3.64. The summed E-state index contributed by atoms with van der Waals surface area (Å²) in [7, 11) is 0. The van der Waals surface area contributed by atoms with E-state index in [1.807, 2.05) is 0 Å². The number of hydrogen-bond donors (Lipinski definition) is 1. The summed E-state index contributed by atoms with van der Waals surface area (Å²) in [6.07, 6.45) is 2.20. The minimum atomic E-state index is 1.10. The van der Waals surface area contributed by atoms with Crippen molar-refractivity contribution in [3.63, 3.8) is 0 Å². The number of rotatable bonds is 0. The Bertz CT molecular complexity index is 1170. The third-order valence-electron chi connectivity index (χ3n) is 5.74. The number of H-pyrrole nitrogens is 1. The van der Waals surface area contributed by atoms with Crippen molar-refractivity contribution < 1.29 is 0 Å². The van der Waals surface area contributed by atoms with E-state index >= 15 is 0 Å². The number of benzene rings is 4. The van der Waals surface area contributed by atoms with E-state index in [-0.39, 0.29) is 0 Å². The third kappa shape index (κ3) is 0.795. The number of aromatic nitrogens is 1. The van der Waals surface area contributed by atoms with E-state index in [0.29, 0.717) is 0 Å². The van der Waals surface area contributed by atoms with Gasteiger partial charge in [-0.1, -0.05) is 24.3 Å². The average Bonchev–Trinajstić information content (AvgIpc) is 3.14. The second-order valence-corrected chi connectivity index (χ2v) is 6.66. The van der Waals surface area contributed by atoms with E-state index in [1.54, 1.807) is 10.8 Å². The lowest BCUT2D eigenvalue weighted by molar-refractivity contribution is 1.24. The fourth-order valence-corrected chi connectivity index (χ4v) is 5.00. The van der Waals surface area contributed by atoms with Crippen molar-refractivity contribution in [2.45, 2.75) is 12.8 Å². The maximum Gasteiger partial charge on any atom is 0.0471 e. The molecular weight excluding hydrogens is 254 g/mol. The van der Waals surface area contributed by atoms with Gasteiger partial charge in [0.15, 0.2) is 0 Å². The molecule has 1 heterocycles. The van der Waals surface area contributed by atoms with Crippen LogP contribution >= 0.6 is 0 Å². The Morgan fingerprint density at radius 3 is 1.33 bits per heavy atom. The Balaban J connectivity index is 2.09. The first-order chi connectivity index (χ1) is 10.4. The molecule has 0 aliphatic heterocycles. The largest absolute Gasteiger partial charge is 0.354 e. The Labute approximate surface area is 120 Å². The predicted molar refractivity (Wildman–Crippen MR) is 87.6 cm³/mol. The monoisotopic (exact) mass is 265 g/mol. The lowest BCUT2D eigenvalue weighted by Gasteiger charge is -2.07. The standard InChI is InChI=1S/C20H11N/c1-2-10-8-12-4-6-14-20-18(12)16(10)15-9(1)7-11-3-5-13(21-14)19(20)17(11)15/h1-6,21H,7-8H2. The molecule has 0 amide bonds. The Kier molecular flexibility index (Phi) is 1.18. The minimum absolute atomic E-state index is 1.10. The van der Waals surface area contributed by atoms with Gasteiger partial charge >= 0.3 is 0 Å². The molecule has 1 heteroatoms. The molecule has 2 aliphatic carbocycles. The molecule has 2 aliphatic rings. The SMILES string of the molecule is c1cc2c3c4c1Cc1ccc5[nH]c6ccc(c3c6c5c14)C2. The van der Waals surface area contributed by atoms with Crippen molar-refractivity contribution in [2.24, 2.45) is 0 Å². The van der Waals surface area contributed by atoms with E-state index in [0.717, 1.165) is 12.8 Å². The van der Waals surface area contributed by atoms with Crippen molar-refractivity contribution in [1.82, 2.24) is 4.98 Å². The first-order valence-electron chi connectivity index (χ1n) is 7.65. The molecule has 1 nitrogen and oxygen atoms in total. The van der Waals surface area contributed by atoms with Crippen molar-refractivity contribution >= 4 is 43.4 Å². The van der Waals surface area contributed by atoms with Crippen molar-refractivity contribution in [3.05, 3.63) is 58.7 Å². The van der Waals surface area contributed by atoms with Crippen molar-refractivity contribution in [1.29, 1.82) is 0 Å². The highest BCUT2D eigenvalue weighted by atomic mass is 14.7. The van der Waals surface area contributed by atoms with Gasteiger partial charge in [-0.05, 0) is 68.8 Å². The van der Waals surface area contributed by atoms with E-state index in [1.165, 1.54) is 54.8 Å². The third-order valence-corrected chi connectivity index (χ3v) is 5.74. The topological polar surface area (TPSA) is 15.8 Å². The van der Waals surface area contributed by atoms with Crippen LogP contribution in [0.3, 0.4) is 0 Å². The highest BCUT2D eigenvalue weighted by molar-refractivity contribution is 6.37. The van der Waals surface area contributed by atoms with Crippen LogP contribution < -0.4 is 0 Å². The summed E-state index contributed by atoms with van der Waals surface area (Å²) in [5.41, 5.74) is 8.66. The average molecular weight is 265 g/mol. The molecular formula is C20H11N. The van der Waals surface area contributed by atoms with Gasteiger partial charge in [0.05, 0.1) is 0 Å². The Morgan fingerprint density at radius 2 is 0.857 bits per heavy atom. The van der Waals surface area contributed by atoms with Crippen LogP contribution in [0.4, 0.5) is 0 Å². The lowest BCUT2D eigenvalue weighted by Crippen LogP contribution is -1.83. The minimum Gasteiger partial charge on any atom is -0.354 e. The van der Waals surface area contributed by atoms with Gasteiger partial charge in [0.1, 0.15) is 0 Å². The van der Waals surface area contributed by atoms with Gasteiger partial charge < -0.3 is 4.98 Å². The van der Waals surface area contributed by atoms with E-state index in [4.69, 9.17) is 0 Å². The van der Waals surface area contributed by atoms with Crippen LogP contribution in [0.5, 0.6) is 0 Å². The van der Waals surface area contributed by atoms with Gasteiger partial charge in [0.2, 0.25) is 0 Å². The summed E-state index contributed by atoms with van der Waals surface area (Å²) in [4.78, 5) is 3.64. The molecule has 0 fully saturated rings. The van der Waals surface area contributed by atoms with Gasteiger partial charge in [-0.25, -0.2) is 0 Å². The molecule has 0 atom stereocenters. The predicted octanol–water partition coefficient (Wildman–Crippen LogP) is 4.87. The molecule has 0 unspecified atom stereocenters. The van der Waals surface area contributed by atoms with E-state index in [2.05, 4.69) is 41.4 Å². The van der Waals surface area contributed by atoms with Crippen LogP contribution in [-0.2, 0) is 12.8 Å². The van der Waals surface area contributed by atoms with Gasteiger partial charge in [-0.2, -0.15) is 0 Å². The Hall–Kier alpha value is -2.54. The van der Waals surface area contributed by atoms with Crippen LogP contribution in [0.2, 0.25) is 0 Å². The summed E-state index contributed by atoms with van der Waals surface area (Å²) in [5.74, 6) is 0. The summed E-state index contributed by atoms with van der Waals surface area (Å²) in [6.45, 7) is 0. The van der Waals surface area contributed by atoms with Crippen molar-refractivity contribution in [2.75, 3.05) is 0 Å². The molecule has 0 saturated heterocycles. The molecule has 7 rings (SSSR count). The number of hydrogen-bond acceptors (Lipinski definition) is 0. The lowest BCUT2D eigenvalue weighted by atomic mass is 9.95. The molecule has 21 heavy (non-hydrogen) atoms. The van der Waals surface area contributed by atoms with Crippen LogP contribution in [0, 0.1) is 0 Å². The normalized spacial score (nSPS) is 15.2. The van der Waals surface area contributed by atoms with Gasteiger partial charge in [0.25, 0.3) is 0 Å². The van der Waals surface area contributed by atoms with Crippen LogP contribution in [0.1, 0.15) is 22.3 Å². The quantitative estimate of drug-likeness (QED) is 0.376. The summed E-state index contributed by atoms with van der Waals surface area (Å²) in [6, 6.07) is 13.9. The van der Waals surface area contributed by atoms with Crippen LogP contribution in [0.25, 0.3) is 43.4 Å². The zero-order chi connectivity index (χ0) is 13.3. The molecule has 0 spiro atoms. The second-order valence-electron chi connectivity index (χ2n) is 6.66. The molecule has 96 valence electrons. The molecule has 0 radical (unpaired) electrons. The molecule has 1 N–H and O–H groups in total. The first-order valence-corrected chi connectivity index (χ1v) is 7.65. The summed E-state index contributed by atoms with van der Waals surface area (Å²) >= 11 is 0. The second kappa shape index (κ2) is 2.62. The van der Waals surface area contributed by atoms with Crippen molar-refractivity contribution in [3.8, 4) is 0 Å². The smallest absolute Gasteiger partial charge is 0.0471 e. The Morgan fingerprint density at radius 1 is 0.476 bits per heavy atom. The summed E-state index contributed by atoms with van der Waals surface area (Å²) in [5, 5.41) is 9.10. The van der Waals surface area contributed by atoms with Crippen LogP contribution in [-0.4, -0.2) is 4.98 Å². The van der Waals surface area contributed by atoms with Crippen LogP contribution in [0.15, 0.2) is 36.4 Å². The molecule has 0 bridgehead atoms. The highest BCUT2D eigenvalue weighted by Crippen LogP contribution is 2.51. The fraction of sp³-hybridized carbons (Fsp3) is 0.100. The first kappa shape index (κ1) is 9.41. The van der Waals surface area contributed by atoms with Gasteiger partial charge in [0, 0.05) is 21.8 Å². The van der Waals surface area contributed by atoms with E-state index in [9.17, 15) is 0 Å². The van der Waals surface area contributed by atoms with Gasteiger partial charge in [-0.15, -0.1) is 0 Å². The zero-order valence-electron chi connectivity index (χ0n) is 11.4. The molecule has 4 aromatic carbocycles.